The fourth-order valence-corrected chi connectivity index (χ4v) is 2.29. The minimum Gasteiger partial charge on any atom is -0.322 e. The Morgan fingerprint density at radius 2 is 1.77 bits per heavy atom. The van der Waals surface area contributed by atoms with Crippen molar-refractivity contribution in [2.45, 2.75) is 0 Å². The maximum atomic E-state index is 13.1. The first-order chi connectivity index (χ1) is 10.3. The lowest BCUT2D eigenvalue weighted by Crippen LogP contribution is -2.24. The fraction of sp³-hybridized carbons (Fsp3) is 0.133. The highest BCUT2D eigenvalue weighted by atomic mass is 32.2. The molecule has 0 radical (unpaired) electrons. The lowest BCUT2D eigenvalue weighted by molar-refractivity contribution is 0.102. The molecular weight excluding hydrogens is 307 g/mol. The first kappa shape index (κ1) is 16.0. The Bertz CT molecular complexity index is 789. The summed E-state index contributed by atoms with van der Waals surface area (Å²) in [5.41, 5.74) is 1.14. The molecule has 0 heterocycles. The molecule has 22 heavy (non-hydrogen) atoms. The summed E-state index contributed by atoms with van der Waals surface area (Å²) in [6.07, 6.45) is 1.09. The van der Waals surface area contributed by atoms with Crippen LogP contribution in [0.1, 0.15) is 10.4 Å². The van der Waals surface area contributed by atoms with E-state index in [4.69, 9.17) is 0 Å². The molecule has 5 nitrogen and oxygen atoms in total. The van der Waals surface area contributed by atoms with Crippen LogP contribution in [0.2, 0.25) is 0 Å². The van der Waals surface area contributed by atoms with Crippen LogP contribution in [0.25, 0.3) is 0 Å². The standard InChI is InChI=1S/C15H15FN2O3S/c1-18(22(2,20)21)14-8-6-11(7-9-14)15(19)17-13-5-3-4-12(16)10-13/h3-10H,1-2H3,(H,17,19). The quantitative estimate of drug-likeness (QED) is 0.940. The van der Waals surface area contributed by atoms with E-state index in [1.165, 1.54) is 49.5 Å². The van der Waals surface area contributed by atoms with Gasteiger partial charge in [0.05, 0.1) is 11.9 Å². The van der Waals surface area contributed by atoms with Crippen molar-refractivity contribution in [3.05, 3.63) is 59.9 Å². The summed E-state index contributed by atoms with van der Waals surface area (Å²) in [6.45, 7) is 0. The van der Waals surface area contributed by atoms with Crippen molar-refractivity contribution in [1.29, 1.82) is 0 Å². The number of nitrogens with one attached hydrogen (secondary N) is 1. The van der Waals surface area contributed by atoms with Crippen LogP contribution in [0.15, 0.2) is 48.5 Å². The Hall–Kier alpha value is -2.41. The van der Waals surface area contributed by atoms with Crippen LogP contribution in [-0.4, -0.2) is 27.6 Å². The van der Waals surface area contributed by atoms with Gasteiger partial charge in [-0.25, -0.2) is 12.8 Å². The largest absolute Gasteiger partial charge is 0.322 e. The topological polar surface area (TPSA) is 66.5 Å². The molecule has 0 aromatic heterocycles. The van der Waals surface area contributed by atoms with Gasteiger partial charge in [0.15, 0.2) is 0 Å². The smallest absolute Gasteiger partial charge is 0.255 e. The number of nitrogens with zero attached hydrogens (tertiary/aromatic N) is 1. The summed E-state index contributed by atoms with van der Waals surface area (Å²) in [4.78, 5) is 12.0. The van der Waals surface area contributed by atoms with Crippen molar-refractivity contribution in [3.8, 4) is 0 Å². The van der Waals surface area contributed by atoms with E-state index in [1.807, 2.05) is 0 Å². The number of carbonyl (C=O) groups excluding carboxylic acids is 1. The van der Waals surface area contributed by atoms with Gasteiger partial charge in [-0.3, -0.25) is 9.10 Å². The molecule has 0 fully saturated rings. The molecule has 0 unspecified atom stereocenters. The van der Waals surface area contributed by atoms with Crippen molar-refractivity contribution in [2.24, 2.45) is 0 Å². The molecule has 0 aliphatic carbocycles. The van der Waals surface area contributed by atoms with Crippen molar-refractivity contribution < 1.29 is 17.6 Å². The molecule has 7 heteroatoms. The molecule has 2 aromatic carbocycles. The van der Waals surface area contributed by atoms with Gasteiger partial charge in [0, 0.05) is 18.3 Å². The molecule has 0 saturated heterocycles. The molecule has 1 N–H and O–H groups in total. The summed E-state index contributed by atoms with van der Waals surface area (Å²) < 4.78 is 37.0. The summed E-state index contributed by atoms with van der Waals surface area (Å²) in [5, 5.41) is 2.57. The first-order valence-electron chi connectivity index (χ1n) is 6.38. The Kier molecular flexibility index (Phi) is 4.46. The van der Waals surface area contributed by atoms with E-state index < -0.39 is 21.7 Å². The average Bonchev–Trinajstić information content (AvgIpc) is 2.45. The van der Waals surface area contributed by atoms with Gasteiger partial charge in [-0.05, 0) is 42.5 Å². The second kappa shape index (κ2) is 6.15. The van der Waals surface area contributed by atoms with Crippen LogP contribution in [0, 0.1) is 5.82 Å². The number of amides is 1. The highest BCUT2D eigenvalue weighted by molar-refractivity contribution is 7.92. The number of hydrogen-bond acceptors (Lipinski definition) is 3. The van der Waals surface area contributed by atoms with Gasteiger partial charge in [0.2, 0.25) is 10.0 Å². The predicted molar refractivity (Wildman–Crippen MR) is 84.0 cm³/mol. The number of sulfonamides is 1. The van der Waals surface area contributed by atoms with Gasteiger partial charge in [0.25, 0.3) is 5.91 Å². The van der Waals surface area contributed by atoms with Crippen LogP contribution in [-0.2, 0) is 10.0 Å². The van der Waals surface area contributed by atoms with Gasteiger partial charge in [-0.15, -0.1) is 0 Å². The van der Waals surface area contributed by atoms with Crippen molar-refractivity contribution in [3.63, 3.8) is 0 Å². The lowest BCUT2D eigenvalue weighted by Gasteiger charge is -2.16. The molecular formula is C15H15FN2O3S. The van der Waals surface area contributed by atoms with E-state index in [0.29, 0.717) is 16.9 Å². The zero-order valence-corrected chi connectivity index (χ0v) is 12.9. The molecule has 0 aliphatic rings. The first-order valence-corrected chi connectivity index (χ1v) is 8.23. The third kappa shape index (κ3) is 3.82. The van der Waals surface area contributed by atoms with E-state index in [9.17, 15) is 17.6 Å². The SMILES string of the molecule is CN(c1ccc(C(=O)Nc2cccc(F)c2)cc1)S(C)(=O)=O. The number of halogens is 1. The van der Waals surface area contributed by atoms with Crippen molar-refractivity contribution in [2.75, 3.05) is 22.9 Å². The van der Waals surface area contributed by atoms with E-state index in [2.05, 4.69) is 5.32 Å². The molecule has 0 aliphatic heterocycles. The minimum absolute atomic E-state index is 0.343. The van der Waals surface area contributed by atoms with Gasteiger partial charge in [0.1, 0.15) is 5.82 Å². The van der Waals surface area contributed by atoms with Crippen LogP contribution >= 0.6 is 0 Å². The summed E-state index contributed by atoms with van der Waals surface area (Å²) in [6, 6.07) is 11.6. The van der Waals surface area contributed by atoms with Crippen LogP contribution in [0.3, 0.4) is 0 Å². The molecule has 0 atom stereocenters. The molecule has 2 rings (SSSR count). The molecule has 2 aromatic rings. The third-order valence-electron chi connectivity index (χ3n) is 3.07. The minimum atomic E-state index is -3.35. The van der Waals surface area contributed by atoms with Gasteiger partial charge < -0.3 is 5.32 Å². The highest BCUT2D eigenvalue weighted by Gasteiger charge is 2.13. The summed E-state index contributed by atoms with van der Waals surface area (Å²) >= 11 is 0. The third-order valence-corrected chi connectivity index (χ3v) is 4.28. The van der Waals surface area contributed by atoms with E-state index in [-0.39, 0.29) is 0 Å². The normalized spacial score (nSPS) is 11.0. The lowest BCUT2D eigenvalue weighted by atomic mass is 10.2. The summed E-state index contributed by atoms with van der Waals surface area (Å²) in [5.74, 6) is -0.845. The summed E-state index contributed by atoms with van der Waals surface area (Å²) in [7, 11) is -1.92. The fourth-order valence-electron chi connectivity index (χ4n) is 1.78. The maximum Gasteiger partial charge on any atom is 0.255 e. The van der Waals surface area contributed by atoms with E-state index >= 15 is 0 Å². The van der Waals surface area contributed by atoms with E-state index in [1.54, 1.807) is 6.07 Å². The zero-order valence-electron chi connectivity index (χ0n) is 12.1. The molecule has 0 bridgehead atoms. The number of hydrogen-bond donors (Lipinski definition) is 1. The van der Waals surface area contributed by atoms with Crippen molar-refractivity contribution in [1.82, 2.24) is 0 Å². The molecule has 1 amide bonds. The Labute approximate surface area is 128 Å². The number of anilines is 2. The Balaban J connectivity index is 2.15. The van der Waals surface area contributed by atoms with Gasteiger partial charge in [-0.1, -0.05) is 6.07 Å². The number of benzene rings is 2. The average molecular weight is 322 g/mol. The molecule has 0 spiro atoms. The highest BCUT2D eigenvalue weighted by Crippen LogP contribution is 2.17. The van der Waals surface area contributed by atoms with Gasteiger partial charge >= 0.3 is 0 Å². The van der Waals surface area contributed by atoms with Gasteiger partial charge in [-0.2, -0.15) is 0 Å². The Morgan fingerprint density at radius 1 is 1.14 bits per heavy atom. The van der Waals surface area contributed by atoms with Crippen molar-refractivity contribution >= 4 is 27.3 Å². The predicted octanol–water partition coefficient (Wildman–Crippen LogP) is 2.47. The number of carbonyl (C=O) groups is 1. The van der Waals surface area contributed by atoms with E-state index in [0.717, 1.165) is 10.6 Å². The van der Waals surface area contributed by atoms with Crippen LogP contribution < -0.4 is 9.62 Å². The van der Waals surface area contributed by atoms with Crippen LogP contribution in [0.5, 0.6) is 0 Å². The molecule has 0 saturated carbocycles. The Morgan fingerprint density at radius 3 is 2.32 bits per heavy atom. The maximum absolute atomic E-state index is 13.1. The second-order valence-electron chi connectivity index (χ2n) is 4.74. The zero-order chi connectivity index (χ0) is 16.3. The molecule has 116 valence electrons. The second-order valence-corrected chi connectivity index (χ2v) is 6.76. The monoisotopic (exact) mass is 322 g/mol. The number of rotatable bonds is 4. The van der Waals surface area contributed by atoms with Crippen LogP contribution in [0.4, 0.5) is 15.8 Å².